The van der Waals surface area contributed by atoms with Crippen LogP contribution >= 0.6 is 0 Å². The highest BCUT2D eigenvalue weighted by molar-refractivity contribution is 5.94. The molecule has 1 aliphatic heterocycles. The minimum absolute atomic E-state index is 0.276. The van der Waals surface area contributed by atoms with E-state index < -0.39 is 12.3 Å². The van der Waals surface area contributed by atoms with Crippen molar-refractivity contribution in [2.45, 2.75) is 19.3 Å². The van der Waals surface area contributed by atoms with Crippen molar-refractivity contribution in [2.24, 2.45) is 0 Å². The molecule has 0 fully saturated rings. The number of fused-ring (bicyclic) bond motifs is 1. The van der Waals surface area contributed by atoms with Gasteiger partial charge in [-0.05, 0) is 6.07 Å². The second-order valence-electron chi connectivity index (χ2n) is 3.31. The number of anilines is 1. The lowest BCUT2D eigenvalue weighted by Gasteiger charge is -2.20. The minimum Gasteiger partial charge on any atom is -0.384 e. The first-order valence-electron chi connectivity index (χ1n) is 4.38. The van der Waals surface area contributed by atoms with Crippen molar-refractivity contribution in [1.82, 2.24) is 0 Å². The quantitative estimate of drug-likeness (QED) is 0.627. The molecule has 1 aromatic rings. The molecule has 0 saturated carbocycles. The average Bonchev–Trinajstić information content (AvgIpc) is 2.41. The number of carbonyl (C=O) groups excluding carboxylic acids is 1. The minimum atomic E-state index is -1.16. The molecule has 2 unspecified atom stereocenters. The molecule has 1 heterocycles. The van der Waals surface area contributed by atoms with E-state index in [1.54, 1.807) is 24.3 Å². The van der Waals surface area contributed by atoms with Crippen molar-refractivity contribution < 1.29 is 15.0 Å². The summed E-state index contributed by atoms with van der Waals surface area (Å²) in [6, 6.07) is 6.93. The fourth-order valence-electron chi connectivity index (χ4n) is 1.76. The van der Waals surface area contributed by atoms with Crippen LogP contribution in [0.4, 0.5) is 5.69 Å². The third kappa shape index (κ3) is 1.12. The predicted octanol–water partition coefficient (Wildman–Crippen LogP) is 0.405. The van der Waals surface area contributed by atoms with Gasteiger partial charge >= 0.3 is 0 Å². The highest BCUT2D eigenvalue weighted by atomic mass is 16.3. The van der Waals surface area contributed by atoms with Gasteiger partial charge in [0, 0.05) is 12.5 Å². The molecule has 4 nitrogen and oxygen atoms in total. The zero-order chi connectivity index (χ0) is 10.3. The van der Waals surface area contributed by atoms with Gasteiger partial charge in [-0.2, -0.15) is 0 Å². The van der Waals surface area contributed by atoms with Crippen molar-refractivity contribution in [3.8, 4) is 0 Å². The SMILES string of the molecule is CC(=O)N1c2ccccc2C(O)C1O. The van der Waals surface area contributed by atoms with Crippen LogP contribution in [0.15, 0.2) is 24.3 Å². The Kier molecular flexibility index (Phi) is 2.02. The lowest BCUT2D eigenvalue weighted by molar-refractivity contribution is -0.119. The van der Waals surface area contributed by atoms with Crippen LogP contribution in [0.5, 0.6) is 0 Å². The van der Waals surface area contributed by atoms with E-state index in [2.05, 4.69) is 0 Å². The van der Waals surface area contributed by atoms with Gasteiger partial charge < -0.3 is 10.2 Å². The summed E-state index contributed by atoms with van der Waals surface area (Å²) in [5.74, 6) is -0.276. The summed E-state index contributed by atoms with van der Waals surface area (Å²) in [6.45, 7) is 1.36. The van der Waals surface area contributed by atoms with E-state index in [9.17, 15) is 15.0 Å². The van der Waals surface area contributed by atoms with Gasteiger partial charge in [0.2, 0.25) is 5.91 Å². The Morgan fingerprint density at radius 2 is 2.00 bits per heavy atom. The average molecular weight is 193 g/mol. The first-order chi connectivity index (χ1) is 6.63. The van der Waals surface area contributed by atoms with Crippen LogP contribution in [0, 0.1) is 0 Å². The van der Waals surface area contributed by atoms with Gasteiger partial charge in [0.25, 0.3) is 0 Å². The Hall–Kier alpha value is -1.39. The van der Waals surface area contributed by atoms with Crippen molar-refractivity contribution in [3.05, 3.63) is 29.8 Å². The van der Waals surface area contributed by atoms with E-state index in [-0.39, 0.29) is 5.91 Å². The topological polar surface area (TPSA) is 60.8 Å². The molecule has 14 heavy (non-hydrogen) atoms. The Morgan fingerprint density at radius 1 is 1.36 bits per heavy atom. The standard InChI is InChI=1S/C10H11NO3/c1-6(12)11-8-5-3-2-4-7(8)9(13)10(11)14/h2-5,9-10,13-14H,1H3. The number of hydrogen-bond donors (Lipinski definition) is 2. The summed E-state index contributed by atoms with van der Waals surface area (Å²) < 4.78 is 0. The number of rotatable bonds is 0. The van der Waals surface area contributed by atoms with Crippen LogP contribution in [0.1, 0.15) is 18.6 Å². The Labute approximate surface area is 81.4 Å². The summed E-state index contributed by atoms with van der Waals surface area (Å²) in [6.07, 6.45) is -2.17. The monoisotopic (exact) mass is 193 g/mol. The normalized spacial score (nSPS) is 24.9. The smallest absolute Gasteiger partial charge is 0.226 e. The van der Waals surface area contributed by atoms with Crippen molar-refractivity contribution >= 4 is 11.6 Å². The van der Waals surface area contributed by atoms with Gasteiger partial charge in [0.1, 0.15) is 6.10 Å². The third-order valence-corrected chi connectivity index (χ3v) is 2.40. The van der Waals surface area contributed by atoms with Crippen LogP contribution in [-0.4, -0.2) is 22.3 Å². The number of para-hydroxylation sites is 1. The van der Waals surface area contributed by atoms with E-state index in [4.69, 9.17) is 0 Å². The van der Waals surface area contributed by atoms with Crippen LogP contribution < -0.4 is 4.90 Å². The molecule has 0 bridgehead atoms. The summed E-state index contributed by atoms with van der Waals surface area (Å²) in [5.41, 5.74) is 1.18. The van der Waals surface area contributed by atoms with E-state index in [0.717, 1.165) is 0 Å². The Morgan fingerprint density at radius 3 is 2.64 bits per heavy atom. The zero-order valence-electron chi connectivity index (χ0n) is 7.71. The van der Waals surface area contributed by atoms with Gasteiger partial charge in [-0.25, -0.2) is 0 Å². The fourth-order valence-corrected chi connectivity index (χ4v) is 1.76. The van der Waals surface area contributed by atoms with Crippen molar-refractivity contribution in [2.75, 3.05) is 4.90 Å². The van der Waals surface area contributed by atoms with Crippen LogP contribution in [0.2, 0.25) is 0 Å². The number of carbonyl (C=O) groups is 1. The maximum atomic E-state index is 11.2. The van der Waals surface area contributed by atoms with Gasteiger partial charge in [-0.3, -0.25) is 9.69 Å². The van der Waals surface area contributed by atoms with Crippen molar-refractivity contribution in [3.63, 3.8) is 0 Å². The molecule has 0 saturated heterocycles. The second-order valence-corrected chi connectivity index (χ2v) is 3.31. The molecule has 2 N–H and O–H groups in total. The van der Waals surface area contributed by atoms with Gasteiger partial charge in [0.15, 0.2) is 6.23 Å². The van der Waals surface area contributed by atoms with Gasteiger partial charge in [-0.15, -0.1) is 0 Å². The first-order valence-corrected chi connectivity index (χ1v) is 4.38. The molecule has 4 heteroatoms. The molecule has 1 aliphatic rings. The zero-order valence-corrected chi connectivity index (χ0v) is 7.71. The molecule has 0 aliphatic carbocycles. The fraction of sp³-hybridized carbons (Fsp3) is 0.300. The van der Waals surface area contributed by atoms with Gasteiger partial charge in [0.05, 0.1) is 5.69 Å². The van der Waals surface area contributed by atoms with Crippen molar-refractivity contribution in [1.29, 1.82) is 0 Å². The molecular weight excluding hydrogens is 182 g/mol. The molecule has 1 amide bonds. The predicted molar refractivity (Wildman–Crippen MR) is 50.6 cm³/mol. The lowest BCUT2D eigenvalue weighted by Crippen LogP contribution is -2.37. The van der Waals surface area contributed by atoms with E-state index >= 15 is 0 Å². The maximum Gasteiger partial charge on any atom is 0.226 e. The molecule has 0 spiro atoms. The summed E-state index contributed by atoms with van der Waals surface area (Å²) in [7, 11) is 0. The highest BCUT2D eigenvalue weighted by Gasteiger charge is 2.37. The number of nitrogens with zero attached hydrogens (tertiary/aromatic N) is 1. The van der Waals surface area contributed by atoms with Crippen LogP contribution in [0.25, 0.3) is 0 Å². The molecule has 74 valence electrons. The lowest BCUT2D eigenvalue weighted by atomic mass is 10.1. The summed E-state index contributed by atoms with van der Waals surface area (Å²) in [5, 5.41) is 19.2. The largest absolute Gasteiger partial charge is 0.384 e. The van der Waals surface area contributed by atoms with E-state index in [1.807, 2.05) is 0 Å². The molecule has 1 aromatic carbocycles. The number of hydrogen-bond acceptors (Lipinski definition) is 3. The molecule has 2 rings (SSSR count). The molecule has 0 aromatic heterocycles. The number of aliphatic hydroxyl groups is 2. The Bertz CT molecular complexity index is 377. The third-order valence-electron chi connectivity index (χ3n) is 2.40. The van der Waals surface area contributed by atoms with Gasteiger partial charge in [-0.1, -0.05) is 18.2 Å². The second kappa shape index (κ2) is 3.08. The first kappa shape index (κ1) is 9.18. The van der Waals surface area contributed by atoms with E-state index in [1.165, 1.54) is 11.8 Å². The molecule has 0 radical (unpaired) electrons. The van der Waals surface area contributed by atoms with E-state index in [0.29, 0.717) is 11.3 Å². The summed E-state index contributed by atoms with van der Waals surface area (Å²) in [4.78, 5) is 12.4. The summed E-state index contributed by atoms with van der Waals surface area (Å²) >= 11 is 0. The number of aliphatic hydroxyl groups excluding tert-OH is 2. The number of amides is 1. The van der Waals surface area contributed by atoms with Crippen LogP contribution in [-0.2, 0) is 4.79 Å². The number of benzene rings is 1. The van der Waals surface area contributed by atoms with Crippen LogP contribution in [0.3, 0.4) is 0 Å². The maximum absolute atomic E-state index is 11.2. The molecule has 2 atom stereocenters. The highest BCUT2D eigenvalue weighted by Crippen LogP contribution is 2.37. The molecular formula is C10H11NO3. The Balaban J connectivity index is 2.53.